The van der Waals surface area contributed by atoms with Gasteiger partial charge in [-0.05, 0) is 49.2 Å². The van der Waals surface area contributed by atoms with E-state index in [4.69, 9.17) is 0 Å². The van der Waals surface area contributed by atoms with E-state index in [2.05, 4.69) is 13.5 Å². The molecule has 0 N–H and O–H groups in total. The summed E-state index contributed by atoms with van der Waals surface area (Å²) in [6, 6.07) is 8.01. The van der Waals surface area contributed by atoms with Crippen LogP contribution < -0.4 is 0 Å². The number of hydrogen-bond acceptors (Lipinski definition) is 2. The number of thioether (sulfide) groups is 1. The molecule has 0 saturated carbocycles. The average Bonchev–Trinajstić information content (AvgIpc) is 2.32. The molecule has 0 radical (unpaired) electrons. The van der Waals surface area contributed by atoms with Crippen molar-refractivity contribution in [3.8, 4) is 0 Å². The molecule has 1 rings (SSSR count). The highest BCUT2D eigenvalue weighted by Gasteiger charge is 2.08. The number of benzene rings is 1. The maximum Gasteiger partial charge on any atom is 0.219 e. The highest BCUT2D eigenvalue weighted by Crippen LogP contribution is 2.24. The maximum absolute atomic E-state index is 11.9. The molecule has 0 aliphatic heterocycles. The first-order valence-corrected chi connectivity index (χ1v) is 6.91. The van der Waals surface area contributed by atoms with Crippen molar-refractivity contribution in [2.45, 2.75) is 44.4 Å². The highest BCUT2D eigenvalue weighted by atomic mass is 32.2. The molecule has 0 bridgehead atoms. The Labute approximate surface area is 108 Å². The zero-order valence-corrected chi connectivity index (χ0v) is 11.5. The third kappa shape index (κ3) is 5.22. The predicted molar refractivity (Wildman–Crippen MR) is 75.3 cm³/mol. The van der Waals surface area contributed by atoms with Crippen LogP contribution >= 0.6 is 11.8 Å². The summed E-state index contributed by atoms with van der Waals surface area (Å²) in [4.78, 5) is 12.9. The molecule has 2 heteroatoms. The van der Waals surface area contributed by atoms with Gasteiger partial charge in [0.05, 0.1) is 0 Å². The van der Waals surface area contributed by atoms with Gasteiger partial charge in [0.2, 0.25) is 5.12 Å². The van der Waals surface area contributed by atoms with Crippen molar-refractivity contribution in [1.82, 2.24) is 0 Å². The van der Waals surface area contributed by atoms with Gasteiger partial charge in [-0.1, -0.05) is 44.0 Å². The molecule has 0 aromatic heterocycles. The number of rotatable bonds is 6. The second-order valence-corrected chi connectivity index (χ2v) is 5.31. The van der Waals surface area contributed by atoms with Gasteiger partial charge in [0.25, 0.3) is 0 Å². The Kier molecular flexibility index (Phi) is 6.06. The molecule has 1 nitrogen and oxygen atoms in total. The summed E-state index contributed by atoms with van der Waals surface area (Å²) in [6.07, 6.45) is 4.23. The summed E-state index contributed by atoms with van der Waals surface area (Å²) in [5, 5.41) is 0.102. The van der Waals surface area contributed by atoms with E-state index in [1.54, 1.807) is 0 Å². The van der Waals surface area contributed by atoms with Crippen LogP contribution in [-0.4, -0.2) is 5.12 Å². The summed E-state index contributed by atoms with van der Waals surface area (Å²) < 4.78 is 0. The Morgan fingerprint density at radius 1 is 1.24 bits per heavy atom. The van der Waals surface area contributed by atoms with Crippen molar-refractivity contribution in [1.29, 1.82) is 0 Å². The number of carbonyl (C=O) groups is 1. The third-order valence-electron chi connectivity index (χ3n) is 2.60. The second kappa shape index (κ2) is 7.33. The maximum atomic E-state index is 11.9. The minimum Gasteiger partial charge on any atom is -0.282 e. The van der Waals surface area contributed by atoms with Gasteiger partial charge in [0.1, 0.15) is 0 Å². The molecule has 0 fully saturated rings. The van der Waals surface area contributed by atoms with Gasteiger partial charge in [0, 0.05) is 4.90 Å². The van der Waals surface area contributed by atoms with E-state index in [-0.39, 0.29) is 5.12 Å². The molecule has 0 amide bonds. The van der Waals surface area contributed by atoms with E-state index < -0.39 is 0 Å². The zero-order chi connectivity index (χ0) is 12.7. The molecule has 0 aliphatic carbocycles. The molecule has 92 valence electrons. The number of aryl methyl sites for hydroxylation is 1. The van der Waals surface area contributed by atoms with Crippen LogP contribution in [0, 0.1) is 6.92 Å². The minimum atomic E-state index is 0.102. The predicted octanol–water partition coefficient (Wildman–Crippen LogP) is 4.75. The van der Waals surface area contributed by atoms with Crippen LogP contribution in [0.25, 0.3) is 0 Å². The summed E-state index contributed by atoms with van der Waals surface area (Å²) >= 11 is 1.28. The molecule has 0 aliphatic rings. The molecule has 0 spiro atoms. The van der Waals surface area contributed by atoms with Crippen molar-refractivity contribution in [2.75, 3.05) is 0 Å². The lowest BCUT2D eigenvalue weighted by Crippen LogP contribution is -1.96. The Balaban J connectivity index is 2.43. The van der Waals surface area contributed by atoms with E-state index in [0.717, 1.165) is 23.3 Å². The SMILES string of the molecule is C=C(CCCCC)C(=O)Sc1ccc(C)cc1. The van der Waals surface area contributed by atoms with E-state index in [0.29, 0.717) is 0 Å². The first kappa shape index (κ1) is 14.0. The van der Waals surface area contributed by atoms with E-state index in [9.17, 15) is 4.79 Å². The van der Waals surface area contributed by atoms with Crippen LogP contribution in [0.2, 0.25) is 0 Å². The minimum absolute atomic E-state index is 0.102. The number of unbranched alkanes of at least 4 members (excludes halogenated alkanes) is 2. The smallest absolute Gasteiger partial charge is 0.219 e. The van der Waals surface area contributed by atoms with Gasteiger partial charge < -0.3 is 0 Å². The Morgan fingerprint density at radius 3 is 2.47 bits per heavy atom. The lowest BCUT2D eigenvalue weighted by atomic mass is 10.1. The van der Waals surface area contributed by atoms with Gasteiger partial charge in [-0.15, -0.1) is 0 Å². The summed E-state index contributed by atoms with van der Waals surface area (Å²) in [5.74, 6) is 0. The lowest BCUT2D eigenvalue weighted by Gasteiger charge is -2.04. The molecule has 0 unspecified atom stereocenters. The number of hydrogen-bond donors (Lipinski definition) is 0. The lowest BCUT2D eigenvalue weighted by molar-refractivity contribution is -0.108. The summed E-state index contributed by atoms with van der Waals surface area (Å²) in [5.41, 5.74) is 1.95. The fourth-order valence-electron chi connectivity index (χ4n) is 1.48. The molecular formula is C15H20OS. The van der Waals surface area contributed by atoms with E-state index in [1.165, 1.54) is 30.2 Å². The van der Waals surface area contributed by atoms with Crippen molar-refractivity contribution in [2.24, 2.45) is 0 Å². The van der Waals surface area contributed by atoms with Crippen molar-refractivity contribution < 1.29 is 4.79 Å². The Bertz CT molecular complexity index is 378. The van der Waals surface area contributed by atoms with Crippen LogP contribution in [0.5, 0.6) is 0 Å². The molecule has 0 heterocycles. The van der Waals surface area contributed by atoms with E-state index >= 15 is 0 Å². The molecule has 0 saturated heterocycles. The van der Waals surface area contributed by atoms with Gasteiger partial charge >= 0.3 is 0 Å². The summed E-state index contributed by atoms with van der Waals surface area (Å²) in [7, 11) is 0. The normalized spacial score (nSPS) is 10.2. The van der Waals surface area contributed by atoms with Crippen molar-refractivity contribution in [3.05, 3.63) is 42.0 Å². The quantitative estimate of drug-likeness (QED) is 0.410. The summed E-state index contributed by atoms with van der Waals surface area (Å²) in [6.45, 7) is 8.07. The van der Waals surface area contributed by atoms with Gasteiger partial charge in [-0.2, -0.15) is 0 Å². The first-order valence-electron chi connectivity index (χ1n) is 6.10. The molecule has 1 aromatic rings. The highest BCUT2D eigenvalue weighted by molar-refractivity contribution is 8.14. The Morgan fingerprint density at radius 2 is 1.88 bits per heavy atom. The Hall–Kier alpha value is -1.02. The zero-order valence-electron chi connectivity index (χ0n) is 10.7. The van der Waals surface area contributed by atoms with Crippen LogP contribution in [0.4, 0.5) is 0 Å². The second-order valence-electron chi connectivity index (χ2n) is 4.26. The number of carbonyl (C=O) groups excluding carboxylic acids is 1. The molecule has 1 aromatic carbocycles. The fraction of sp³-hybridized carbons (Fsp3) is 0.400. The van der Waals surface area contributed by atoms with Gasteiger partial charge in [-0.25, -0.2) is 0 Å². The average molecular weight is 248 g/mol. The monoisotopic (exact) mass is 248 g/mol. The van der Waals surface area contributed by atoms with Crippen molar-refractivity contribution in [3.63, 3.8) is 0 Å². The standard InChI is InChI=1S/C15H20OS/c1-4-5-6-7-13(3)15(16)17-14-10-8-12(2)9-11-14/h8-11H,3-7H2,1-2H3. The fourth-order valence-corrected chi connectivity index (χ4v) is 2.21. The van der Waals surface area contributed by atoms with Crippen LogP contribution in [0.1, 0.15) is 38.2 Å². The topological polar surface area (TPSA) is 17.1 Å². The van der Waals surface area contributed by atoms with Gasteiger partial charge in [0.15, 0.2) is 0 Å². The van der Waals surface area contributed by atoms with Gasteiger partial charge in [-0.3, -0.25) is 4.79 Å². The van der Waals surface area contributed by atoms with Crippen LogP contribution in [0.15, 0.2) is 41.3 Å². The third-order valence-corrected chi connectivity index (χ3v) is 3.58. The van der Waals surface area contributed by atoms with Crippen molar-refractivity contribution >= 4 is 16.9 Å². The largest absolute Gasteiger partial charge is 0.282 e. The molecule has 17 heavy (non-hydrogen) atoms. The molecule has 0 atom stereocenters. The van der Waals surface area contributed by atoms with Crippen LogP contribution in [0.3, 0.4) is 0 Å². The molecular weight excluding hydrogens is 228 g/mol. The van der Waals surface area contributed by atoms with Crippen LogP contribution in [-0.2, 0) is 4.79 Å². The van der Waals surface area contributed by atoms with E-state index in [1.807, 2.05) is 31.2 Å². The first-order chi connectivity index (χ1) is 8.13.